The van der Waals surface area contributed by atoms with Gasteiger partial charge in [0.15, 0.2) is 0 Å². The zero-order valence-electron chi connectivity index (χ0n) is 11.6. The van der Waals surface area contributed by atoms with Crippen LogP contribution >= 0.6 is 23.2 Å². The van der Waals surface area contributed by atoms with Gasteiger partial charge in [-0.15, -0.1) is 23.2 Å². The van der Waals surface area contributed by atoms with Crippen LogP contribution < -0.4 is 10.6 Å². The van der Waals surface area contributed by atoms with Crippen molar-refractivity contribution in [3.05, 3.63) is 0 Å². The minimum atomic E-state index is -0.181. The number of rotatable bonds is 5. The third-order valence-corrected chi connectivity index (χ3v) is 4.47. The SMILES string of the molecule is C[C@H]1CC(C)(C)[C@H](CNC(=O)CCl)[C@@H]1NC(=O)CCl. The van der Waals surface area contributed by atoms with E-state index in [2.05, 4.69) is 31.4 Å². The Hall–Kier alpha value is -0.480. The molecule has 0 aromatic rings. The van der Waals surface area contributed by atoms with E-state index in [1.165, 1.54) is 0 Å². The molecule has 0 unspecified atom stereocenters. The molecule has 4 nitrogen and oxygen atoms in total. The van der Waals surface area contributed by atoms with Gasteiger partial charge in [0, 0.05) is 18.5 Å². The van der Waals surface area contributed by atoms with Crippen LogP contribution in [0.1, 0.15) is 27.2 Å². The molecule has 0 radical (unpaired) electrons. The third-order valence-electron chi connectivity index (χ3n) is 3.99. The first kappa shape index (κ1) is 16.6. The highest BCUT2D eigenvalue weighted by atomic mass is 35.5. The van der Waals surface area contributed by atoms with E-state index in [0.29, 0.717) is 12.5 Å². The Labute approximate surface area is 124 Å². The fourth-order valence-corrected chi connectivity index (χ4v) is 3.30. The van der Waals surface area contributed by atoms with Crippen LogP contribution in [-0.4, -0.2) is 36.2 Å². The van der Waals surface area contributed by atoms with Gasteiger partial charge in [-0.3, -0.25) is 9.59 Å². The molecule has 1 saturated carbocycles. The van der Waals surface area contributed by atoms with Crippen molar-refractivity contribution < 1.29 is 9.59 Å². The normalized spacial score (nSPS) is 29.0. The number of carbonyl (C=O) groups is 2. The summed E-state index contributed by atoms with van der Waals surface area (Å²) in [5, 5.41) is 5.79. The van der Waals surface area contributed by atoms with Gasteiger partial charge in [-0.05, 0) is 17.8 Å². The minimum absolute atomic E-state index is 0.0373. The Morgan fingerprint density at radius 3 is 2.32 bits per heavy atom. The van der Waals surface area contributed by atoms with E-state index in [0.717, 1.165) is 6.42 Å². The first-order chi connectivity index (χ1) is 8.81. The molecular formula is C13H22Cl2N2O2. The topological polar surface area (TPSA) is 58.2 Å². The smallest absolute Gasteiger partial charge is 0.235 e. The van der Waals surface area contributed by atoms with Gasteiger partial charge in [-0.1, -0.05) is 20.8 Å². The van der Waals surface area contributed by atoms with Gasteiger partial charge in [0.1, 0.15) is 11.8 Å². The molecule has 2 amide bonds. The second-order valence-corrected chi connectivity index (χ2v) is 6.48. The number of alkyl halides is 2. The second-order valence-electron chi connectivity index (χ2n) is 5.94. The molecular weight excluding hydrogens is 287 g/mol. The van der Waals surface area contributed by atoms with Crippen LogP contribution in [0, 0.1) is 17.3 Å². The van der Waals surface area contributed by atoms with Crippen LogP contribution in [0.5, 0.6) is 0 Å². The maximum atomic E-state index is 11.5. The number of hydrogen-bond donors (Lipinski definition) is 2. The van der Waals surface area contributed by atoms with Crippen molar-refractivity contribution in [2.45, 2.75) is 33.2 Å². The molecule has 0 heterocycles. The van der Waals surface area contributed by atoms with E-state index in [1.54, 1.807) is 0 Å². The summed E-state index contributed by atoms with van der Waals surface area (Å²) in [5.41, 5.74) is 0.0588. The maximum absolute atomic E-state index is 11.5. The van der Waals surface area contributed by atoms with E-state index in [4.69, 9.17) is 23.2 Å². The quantitative estimate of drug-likeness (QED) is 0.760. The highest BCUT2D eigenvalue weighted by Crippen LogP contribution is 2.45. The van der Waals surface area contributed by atoms with Crippen LogP contribution in [0.15, 0.2) is 0 Å². The molecule has 19 heavy (non-hydrogen) atoms. The van der Waals surface area contributed by atoms with Crippen molar-refractivity contribution in [1.82, 2.24) is 10.6 Å². The minimum Gasteiger partial charge on any atom is -0.355 e. The Morgan fingerprint density at radius 2 is 1.79 bits per heavy atom. The van der Waals surface area contributed by atoms with E-state index >= 15 is 0 Å². The van der Waals surface area contributed by atoms with Crippen molar-refractivity contribution in [1.29, 1.82) is 0 Å². The molecule has 2 N–H and O–H groups in total. The van der Waals surface area contributed by atoms with Crippen molar-refractivity contribution in [3.63, 3.8) is 0 Å². The number of carbonyl (C=O) groups excluding carboxylic acids is 2. The maximum Gasteiger partial charge on any atom is 0.235 e. The Morgan fingerprint density at radius 1 is 1.21 bits per heavy atom. The summed E-state index contributed by atoms with van der Waals surface area (Å²) in [4.78, 5) is 22.8. The molecule has 3 atom stereocenters. The molecule has 6 heteroatoms. The molecule has 0 aromatic heterocycles. The zero-order valence-corrected chi connectivity index (χ0v) is 13.1. The predicted molar refractivity (Wildman–Crippen MR) is 77.4 cm³/mol. The van der Waals surface area contributed by atoms with Gasteiger partial charge in [-0.25, -0.2) is 0 Å². The Bertz CT molecular complexity index is 348. The lowest BCUT2D eigenvalue weighted by molar-refractivity contribution is -0.119. The molecule has 1 aliphatic rings. The molecule has 0 aromatic carbocycles. The van der Waals surface area contributed by atoms with Crippen molar-refractivity contribution in [2.75, 3.05) is 18.3 Å². The predicted octanol–water partition coefficient (Wildman–Crippen LogP) is 1.75. The highest BCUT2D eigenvalue weighted by molar-refractivity contribution is 6.27. The molecule has 0 spiro atoms. The summed E-state index contributed by atoms with van der Waals surface area (Å²) in [6, 6.07) is 0.0388. The highest BCUT2D eigenvalue weighted by Gasteiger charge is 2.46. The Balaban J connectivity index is 2.74. The number of hydrogen-bond acceptors (Lipinski definition) is 2. The molecule has 1 aliphatic carbocycles. The number of amides is 2. The van der Waals surface area contributed by atoms with Crippen LogP contribution in [0.3, 0.4) is 0 Å². The van der Waals surface area contributed by atoms with Crippen LogP contribution in [0.25, 0.3) is 0 Å². The number of halogens is 2. The molecule has 1 fully saturated rings. The standard InChI is InChI=1S/C13H22Cl2N2O2/c1-8-4-13(2,3)9(7-16-10(18)5-14)12(8)17-11(19)6-15/h8-9,12H,4-7H2,1-3H3,(H,16,18)(H,17,19)/t8-,9+,12+/m0/s1. The fraction of sp³-hybridized carbons (Fsp3) is 0.846. The van der Waals surface area contributed by atoms with Crippen LogP contribution in [0.4, 0.5) is 0 Å². The van der Waals surface area contributed by atoms with Crippen molar-refractivity contribution >= 4 is 35.0 Å². The lowest BCUT2D eigenvalue weighted by Gasteiger charge is -2.31. The zero-order chi connectivity index (χ0) is 14.6. The molecule has 110 valence electrons. The largest absolute Gasteiger partial charge is 0.355 e. The second kappa shape index (κ2) is 6.80. The van der Waals surface area contributed by atoms with Crippen molar-refractivity contribution in [2.24, 2.45) is 17.3 Å². The van der Waals surface area contributed by atoms with Crippen molar-refractivity contribution in [3.8, 4) is 0 Å². The van der Waals surface area contributed by atoms with Crippen LogP contribution in [-0.2, 0) is 9.59 Å². The van der Waals surface area contributed by atoms with Gasteiger partial charge >= 0.3 is 0 Å². The third kappa shape index (κ3) is 4.25. The monoisotopic (exact) mass is 308 g/mol. The lowest BCUT2D eigenvalue weighted by Crippen LogP contribution is -2.47. The average Bonchev–Trinajstić information content (AvgIpc) is 2.56. The summed E-state index contributed by atoms with van der Waals surface area (Å²) in [6.45, 7) is 6.96. The summed E-state index contributed by atoms with van der Waals surface area (Å²) >= 11 is 11.0. The first-order valence-electron chi connectivity index (χ1n) is 6.49. The van der Waals surface area contributed by atoms with E-state index < -0.39 is 0 Å². The average molecular weight is 309 g/mol. The van der Waals surface area contributed by atoms with Crippen LogP contribution in [0.2, 0.25) is 0 Å². The molecule has 1 rings (SSSR count). The lowest BCUT2D eigenvalue weighted by atomic mass is 9.80. The molecule has 0 saturated heterocycles. The molecule has 0 aliphatic heterocycles. The first-order valence-corrected chi connectivity index (χ1v) is 7.56. The van der Waals surface area contributed by atoms with Gasteiger partial charge in [-0.2, -0.15) is 0 Å². The van der Waals surface area contributed by atoms with E-state index in [1.807, 2.05) is 0 Å². The summed E-state index contributed by atoms with van der Waals surface area (Å²) in [6.07, 6.45) is 1.00. The number of nitrogens with one attached hydrogen (secondary N) is 2. The van der Waals surface area contributed by atoms with E-state index in [9.17, 15) is 9.59 Å². The summed E-state index contributed by atoms with van der Waals surface area (Å²) in [7, 11) is 0. The van der Waals surface area contributed by atoms with Gasteiger partial charge in [0.2, 0.25) is 11.8 Å². The summed E-state index contributed by atoms with van der Waals surface area (Å²) < 4.78 is 0. The molecule has 0 bridgehead atoms. The van der Waals surface area contributed by atoms with E-state index in [-0.39, 0.29) is 40.9 Å². The van der Waals surface area contributed by atoms with Gasteiger partial charge in [0.25, 0.3) is 0 Å². The fourth-order valence-electron chi connectivity index (χ4n) is 3.13. The summed E-state index contributed by atoms with van der Waals surface area (Å²) in [5.74, 6) is 0.123. The Kier molecular flexibility index (Phi) is 5.93. The van der Waals surface area contributed by atoms with Gasteiger partial charge < -0.3 is 10.6 Å². The van der Waals surface area contributed by atoms with Gasteiger partial charge in [0.05, 0.1) is 0 Å².